The Bertz CT molecular complexity index is 451. The maximum Gasteiger partial charge on any atom is 0.407 e. The summed E-state index contributed by atoms with van der Waals surface area (Å²) in [5, 5.41) is 13.1. The number of benzene rings is 1. The highest BCUT2D eigenvalue weighted by molar-refractivity contribution is 5.67. The van der Waals surface area contributed by atoms with Gasteiger partial charge in [0.05, 0.1) is 6.61 Å². The van der Waals surface area contributed by atoms with Crippen molar-refractivity contribution in [3.05, 3.63) is 35.9 Å². The molecule has 1 unspecified atom stereocenters. The van der Waals surface area contributed by atoms with E-state index in [2.05, 4.69) is 38.3 Å². The number of aliphatic hydroxyl groups excluding tert-OH is 1. The van der Waals surface area contributed by atoms with Gasteiger partial charge in [-0.2, -0.15) is 0 Å². The quantitative estimate of drug-likeness (QED) is 0.447. The van der Waals surface area contributed by atoms with Gasteiger partial charge in [0.15, 0.2) is 0 Å². The molecule has 1 aromatic rings. The van der Waals surface area contributed by atoms with E-state index in [4.69, 9.17) is 9.84 Å². The SMILES string of the molecule is CC(C)CC(C)NC(=O)OCc1ccccc1.CCCC.O=CNCCO. The summed E-state index contributed by atoms with van der Waals surface area (Å²) in [7, 11) is 0. The smallest absolute Gasteiger partial charge is 0.407 e. The number of ether oxygens (including phenoxy) is 1. The molecule has 156 valence electrons. The van der Waals surface area contributed by atoms with E-state index < -0.39 is 0 Å². The van der Waals surface area contributed by atoms with Gasteiger partial charge in [-0.1, -0.05) is 70.9 Å². The van der Waals surface area contributed by atoms with E-state index in [9.17, 15) is 9.59 Å². The Kier molecular flexibility index (Phi) is 20.3. The molecular formula is C21H38N2O4. The number of carbonyl (C=O) groups is 2. The van der Waals surface area contributed by atoms with Crippen LogP contribution in [0.25, 0.3) is 0 Å². The number of alkyl carbamates (subject to hydrolysis) is 1. The van der Waals surface area contributed by atoms with Crippen molar-refractivity contribution in [2.75, 3.05) is 13.2 Å². The largest absolute Gasteiger partial charge is 0.445 e. The van der Waals surface area contributed by atoms with Crippen LogP contribution in [0.5, 0.6) is 0 Å². The number of nitrogens with one attached hydrogen (secondary N) is 2. The molecule has 0 bridgehead atoms. The van der Waals surface area contributed by atoms with E-state index in [0.29, 0.717) is 25.5 Å². The number of hydrogen-bond donors (Lipinski definition) is 3. The minimum Gasteiger partial charge on any atom is -0.445 e. The van der Waals surface area contributed by atoms with Crippen molar-refractivity contribution in [3.8, 4) is 0 Å². The lowest BCUT2D eigenvalue weighted by Crippen LogP contribution is -2.33. The summed E-state index contributed by atoms with van der Waals surface area (Å²) in [5.74, 6) is 0.569. The molecule has 27 heavy (non-hydrogen) atoms. The maximum absolute atomic E-state index is 11.5. The van der Waals surface area contributed by atoms with Gasteiger partial charge in [-0.25, -0.2) is 4.79 Å². The Balaban J connectivity index is 0. The van der Waals surface area contributed by atoms with Crippen molar-refractivity contribution >= 4 is 12.5 Å². The zero-order valence-corrected chi connectivity index (χ0v) is 17.5. The zero-order valence-electron chi connectivity index (χ0n) is 17.5. The van der Waals surface area contributed by atoms with Crippen LogP contribution in [0.2, 0.25) is 0 Å². The van der Waals surface area contributed by atoms with Crippen LogP contribution in [-0.2, 0) is 16.1 Å². The Morgan fingerprint density at radius 3 is 2.15 bits per heavy atom. The van der Waals surface area contributed by atoms with Crippen LogP contribution in [0.3, 0.4) is 0 Å². The molecule has 1 atom stereocenters. The first kappa shape index (κ1) is 27.1. The highest BCUT2D eigenvalue weighted by Crippen LogP contribution is 2.05. The molecule has 0 fully saturated rings. The maximum atomic E-state index is 11.5. The lowest BCUT2D eigenvalue weighted by molar-refractivity contribution is -0.109. The van der Waals surface area contributed by atoms with Gasteiger partial charge in [0.1, 0.15) is 6.61 Å². The number of rotatable bonds is 9. The van der Waals surface area contributed by atoms with Gasteiger partial charge in [-0.15, -0.1) is 0 Å². The van der Waals surface area contributed by atoms with E-state index in [1.54, 1.807) is 0 Å². The number of carbonyl (C=O) groups excluding carboxylic acids is 2. The van der Waals surface area contributed by atoms with Crippen LogP contribution < -0.4 is 10.6 Å². The average molecular weight is 383 g/mol. The van der Waals surface area contributed by atoms with Crippen molar-refractivity contribution in [3.63, 3.8) is 0 Å². The molecule has 0 aliphatic heterocycles. The van der Waals surface area contributed by atoms with Crippen LogP contribution in [0.15, 0.2) is 30.3 Å². The first-order valence-electron chi connectivity index (χ1n) is 9.66. The third kappa shape index (κ3) is 21.9. The summed E-state index contributed by atoms with van der Waals surface area (Å²) in [5.41, 5.74) is 0.999. The van der Waals surface area contributed by atoms with Crippen molar-refractivity contribution < 1.29 is 19.4 Å². The van der Waals surface area contributed by atoms with E-state index in [1.807, 2.05) is 37.3 Å². The molecule has 3 N–H and O–H groups in total. The Morgan fingerprint density at radius 1 is 1.15 bits per heavy atom. The molecule has 1 aromatic carbocycles. The Labute approximate surface area is 164 Å². The molecule has 0 saturated heterocycles. The molecule has 0 saturated carbocycles. The van der Waals surface area contributed by atoms with Crippen molar-refractivity contribution in [2.24, 2.45) is 5.92 Å². The third-order valence-electron chi connectivity index (χ3n) is 3.24. The lowest BCUT2D eigenvalue weighted by atomic mass is 10.1. The van der Waals surface area contributed by atoms with E-state index >= 15 is 0 Å². The van der Waals surface area contributed by atoms with Gasteiger partial charge in [-0.05, 0) is 24.8 Å². The minimum absolute atomic E-state index is 0.0126. The molecule has 0 radical (unpaired) electrons. The lowest BCUT2D eigenvalue weighted by Gasteiger charge is -2.15. The van der Waals surface area contributed by atoms with Gasteiger partial charge < -0.3 is 20.5 Å². The molecule has 0 aliphatic carbocycles. The molecule has 6 nitrogen and oxygen atoms in total. The summed E-state index contributed by atoms with van der Waals surface area (Å²) >= 11 is 0. The Hall–Kier alpha value is -2.08. The van der Waals surface area contributed by atoms with E-state index in [0.717, 1.165) is 12.0 Å². The van der Waals surface area contributed by atoms with Crippen molar-refractivity contribution in [1.29, 1.82) is 0 Å². The number of unbranched alkanes of at least 4 members (excludes halogenated alkanes) is 1. The molecule has 2 amide bonds. The van der Waals surface area contributed by atoms with Crippen LogP contribution in [0.1, 0.15) is 59.4 Å². The highest BCUT2D eigenvalue weighted by atomic mass is 16.5. The van der Waals surface area contributed by atoms with Crippen LogP contribution in [0, 0.1) is 5.92 Å². The normalized spacial score (nSPS) is 10.5. The third-order valence-corrected chi connectivity index (χ3v) is 3.24. The standard InChI is InChI=1S/C14H21NO2.C4H10.C3H7NO2/c1-11(2)9-12(3)15-14(16)17-10-13-7-5-4-6-8-13;1-3-4-2;5-2-1-4-3-6/h4-8,11-12H,9-10H2,1-3H3,(H,15,16);3-4H2,1-2H3;3,5H,1-2H2,(H,4,6). The molecule has 0 aromatic heterocycles. The minimum atomic E-state index is -0.345. The van der Waals surface area contributed by atoms with E-state index in [1.165, 1.54) is 12.8 Å². The van der Waals surface area contributed by atoms with Gasteiger partial charge in [0.2, 0.25) is 6.41 Å². The fourth-order valence-corrected chi connectivity index (χ4v) is 1.86. The predicted octanol–water partition coefficient (Wildman–Crippen LogP) is 3.88. The van der Waals surface area contributed by atoms with Gasteiger partial charge in [0, 0.05) is 12.6 Å². The van der Waals surface area contributed by atoms with Gasteiger partial charge in [-0.3, -0.25) is 4.79 Å². The molecule has 1 rings (SSSR count). The molecule has 6 heteroatoms. The second-order valence-electron chi connectivity index (χ2n) is 6.53. The zero-order chi connectivity index (χ0) is 20.9. The van der Waals surface area contributed by atoms with Crippen LogP contribution in [-0.4, -0.2) is 36.8 Å². The first-order chi connectivity index (χ1) is 12.9. The monoisotopic (exact) mass is 382 g/mol. The molecular weight excluding hydrogens is 344 g/mol. The topological polar surface area (TPSA) is 87.7 Å². The number of amides is 2. The van der Waals surface area contributed by atoms with Crippen molar-refractivity contribution in [2.45, 2.75) is 66.5 Å². The molecule has 0 aliphatic rings. The Morgan fingerprint density at radius 2 is 1.74 bits per heavy atom. The summed E-state index contributed by atoms with van der Waals surface area (Å²) < 4.78 is 5.13. The average Bonchev–Trinajstić information content (AvgIpc) is 2.65. The number of hydrogen-bond acceptors (Lipinski definition) is 4. The predicted molar refractivity (Wildman–Crippen MR) is 110 cm³/mol. The van der Waals surface area contributed by atoms with Crippen molar-refractivity contribution in [1.82, 2.24) is 10.6 Å². The summed E-state index contributed by atoms with van der Waals surface area (Å²) in [6, 6.07) is 9.82. The summed E-state index contributed by atoms with van der Waals surface area (Å²) in [6.07, 6.45) is 3.80. The molecule has 0 heterocycles. The van der Waals surface area contributed by atoms with Crippen LogP contribution >= 0.6 is 0 Å². The second kappa shape index (κ2) is 20.2. The van der Waals surface area contributed by atoms with Crippen LogP contribution in [0.4, 0.5) is 4.79 Å². The number of aliphatic hydroxyl groups is 1. The second-order valence-corrected chi connectivity index (χ2v) is 6.53. The fourth-order valence-electron chi connectivity index (χ4n) is 1.86. The first-order valence-corrected chi connectivity index (χ1v) is 9.66. The van der Waals surface area contributed by atoms with Gasteiger partial charge >= 0.3 is 6.09 Å². The highest BCUT2D eigenvalue weighted by Gasteiger charge is 2.09. The fraction of sp³-hybridized carbons (Fsp3) is 0.619. The van der Waals surface area contributed by atoms with E-state index in [-0.39, 0.29) is 18.7 Å². The summed E-state index contributed by atoms with van der Waals surface area (Å²) in [4.78, 5) is 20.8. The van der Waals surface area contributed by atoms with Gasteiger partial charge in [0.25, 0.3) is 0 Å². The molecule has 0 spiro atoms. The summed E-state index contributed by atoms with van der Waals surface area (Å²) in [6.45, 7) is 11.3.